The van der Waals surface area contributed by atoms with Gasteiger partial charge >= 0.3 is 0 Å². The van der Waals surface area contributed by atoms with Gasteiger partial charge in [0.15, 0.2) is 23.1 Å². The van der Waals surface area contributed by atoms with Gasteiger partial charge in [0, 0.05) is 18.3 Å². The summed E-state index contributed by atoms with van der Waals surface area (Å²) < 4.78 is 37.5. The van der Waals surface area contributed by atoms with Crippen molar-refractivity contribution in [1.82, 2.24) is 4.98 Å². The summed E-state index contributed by atoms with van der Waals surface area (Å²) in [6.45, 7) is 0. The molecule has 0 spiro atoms. The SMILES string of the molecule is COc1ccncc1Oc1cc(F)c(C(N)=O)cc1F. The van der Waals surface area contributed by atoms with Gasteiger partial charge in [0.25, 0.3) is 5.91 Å². The van der Waals surface area contributed by atoms with Gasteiger partial charge in [-0.1, -0.05) is 0 Å². The first kappa shape index (κ1) is 13.7. The van der Waals surface area contributed by atoms with E-state index < -0.39 is 28.9 Å². The standard InChI is InChI=1S/C13H10F2N2O3/c1-19-10-2-3-17-6-12(10)20-11-5-8(14)7(13(16)18)4-9(11)15/h2-6H,1H3,(H2,16,18). The number of ether oxygens (including phenoxy) is 2. The Labute approximate surface area is 112 Å². The van der Waals surface area contributed by atoms with Gasteiger partial charge in [-0.25, -0.2) is 8.78 Å². The van der Waals surface area contributed by atoms with Crippen LogP contribution in [-0.2, 0) is 0 Å². The van der Waals surface area contributed by atoms with Crippen LogP contribution in [0.2, 0.25) is 0 Å². The number of methoxy groups -OCH3 is 1. The number of carbonyl (C=O) groups excluding carboxylic acids is 1. The number of hydrogen-bond donors (Lipinski definition) is 1. The lowest BCUT2D eigenvalue weighted by Crippen LogP contribution is -2.13. The fourth-order valence-corrected chi connectivity index (χ4v) is 1.53. The second-order valence-electron chi connectivity index (χ2n) is 3.76. The molecule has 0 unspecified atom stereocenters. The van der Waals surface area contributed by atoms with Crippen molar-refractivity contribution in [3.8, 4) is 17.2 Å². The molecule has 0 saturated heterocycles. The molecule has 0 aliphatic carbocycles. The van der Waals surface area contributed by atoms with E-state index in [2.05, 4.69) is 4.98 Å². The summed E-state index contributed by atoms with van der Waals surface area (Å²) in [6, 6.07) is 2.92. The Morgan fingerprint density at radius 2 is 1.95 bits per heavy atom. The Kier molecular flexibility index (Phi) is 3.79. The zero-order valence-corrected chi connectivity index (χ0v) is 10.4. The van der Waals surface area contributed by atoms with Gasteiger partial charge in [0.1, 0.15) is 5.82 Å². The predicted octanol–water partition coefficient (Wildman–Crippen LogP) is 2.26. The van der Waals surface area contributed by atoms with Gasteiger partial charge in [-0.3, -0.25) is 9.78 Å². The molecule has 2 N–H and O–H groups in total. The minimum absolute atomic E-state index is 0.111. The molecule has 1 heterocycles. The van der Waals surface area contributed by atoms with Gasteiger partial charge in [-0.05, 0) is 6.07 Å². The number of rotatable bonds is 4. The number of carbonyl (C=O) groups is 1. The normalized spacial score (nSPS) is 10.2. The quantitative estimate of drug-likeness (QED) is 0.932. The lowest BCUT2D eigenvalue weighted by atomic mass is 10.2. The van der Waals surface area contributed by atoms with Crippen LogP contribution in [0.25, 0.3) is 0 Å². The first-order chi connectivity index (χ1) is 9.52. The smallest absolute Gasteiger partial charge is 0.251 e. The highest BCUT2D eigenvalue weighted by Gasteiger charge is 2.16. The number of primary amides is 1. The monoisotopic (exact) mass is 280 g/mol. The van der Waals surface area contributed by atoms with Crippen molar-refractivity contribution in [2.45, 2.75) is 0 Å². The molecular formula is C13H10F2N2O3. The minimum atomic E-state index is -1.06. The van der Waals surface area contributed by atoms with E-state index >= 15 is 0 Å². The van der Waals surface area contributed by atoms with E-state index in [1.807, 2.05) is 0 Å². The molecule has 104 valence electrons. The molecule has 0 saturated carbocycles. The first-order valence-electron chi connectivity index (χ1n) is 5.47. The molecule has 5 nitrogen and oxygen atoms in total. The molecule has 2 aromatic rings. The molecule has 0 aliphatic rings. The minimum Gasteiger partial charge on any atom is -0.493 e. The average Bonchev–Trinajstić information content (AvgIpc) is 2.42. The lowest BCUT2D eigenvalue weighted by Gasteiger charge is -2.10. The maximum absolute atomic E-state index is 13.8. The highest BCUT2D eigenvalue weighted by atomic mass is 19.1. The Balaban J connectivity index is 2.39. The average molecular weight is 280 g/mol. The molecule has 1 aromatic carbocycles. The Morgan fingerprint density at radius 3 is 2.60 bits per heavy atom. The van der Waals surface area contributed by atoms with Crippen molar-refractivity contribution in [1.29, 1.82) is 0 Å². The topological polar surface area (TPSA) is 74.4 Å². The van der Waals surface area contributed by atoms with Crippen LogP contribution in [0, 0.1) is 11.6 Å². The van der Waals surface area contributed by atoms with Crippen molar-refractivity contribution < 1.29 is 23.0 Å². The van der Waals surface area contributed by atoms with E-state index in [0.717, 1.165) is 6.07 Å². The Bertz CT molecular complexity index is 662. The molecule has 1 amide bonds. The molecule has 0 aliphatic heterocycles. The molecule has 2 rings (SSSR count). The molecule has 20 heavy (non-hydrogen) atoms. The second kappa shape index (κ2) is 5.52. The molecule has 0 bridgehead atoms. The van der Waals surface area contributed by atoms with E-state index in [0.29, 0.717) is 11.8 Å². The molecule has 7 heteroatoms. The van der Waals surface area contributed by atoms with E-state index in [4.69, 9.17) is 15.2 Å². The summed E-state index contributed by atoms with van der Waals surface area (Å²) in [5.74, 6) is -2.95. The van der Waals surface area contributed by atoms with Crippen molar-refractivity contribution >= 4 is 5.91 Å². The van der Waals surface area contributed by atoms with Gasteiger partial charge in [0.2, 0.25) is 0 Å². The number of nitrogens with zero attached hydrogens (tertiary/aromatic N) is 1. The summed E-state index contributed by atoms with van der Waals surface area (Å²) >= 11 is 0. The van der Waals surface area contributed by atoms with Crippen molar-refractivity contribution in [3.05, 3.63) is 47.8 Å². The highest BCUT2D eigenvalue weighted by molar-refractivity contribution is 5.93. The third-order valence-electron chi connectivity index (χ3n) is 2.47. The van der Waals surface area contributed by atoms with E-state index in [1.54, 1.807) is 0 Å². The molecular weight excluding hydrogens is 270 g/mol. The third kappa shape index (κ3) is 2.66. The largest absolute Gasteiger partial charge is 0.493 e. The molecule has 0 atom stereocenters. The number of amides is 1. The van der Waals surface area contributed by atoms with Crippen LogP contribution in [0.4, 0.5) is 8.78 Å². The maximum Gasteiger partial charge on any atom is 0.251 e. The number of nitrogens with two attached hydrogens (primary N) is 1. The predicted molar refractivity (Wildman–Crippen MR) is 65.7 cm³/mol. The van der Waals surface area contributed by atoms with Crippen LogP contribution < -0.4 is 15.2 Å². The number of aromatic nitrogens is 1. The number of hydrogen-bond acceptors (Lipinski definition) is 4. The number of benzene rings is 1. The van der Waals surface area contributed by atoms with E-state index in [9.17, 15) is 13.6 Å². The second-order valence-corrected chi connectivity index (χ2v) is 3.76. The molecule has 0 radical (unpaired) electrons. The van der Waals surface area contributed by atoms with Crippen LogP contribution in [0.5, 0.6) is 17.2 Å². The van der Waals surface area contributed by atoms with Gasteiger partial charge in [-0.15, -0.1) is 0 Å². The fourth-order valence-electron chi connectivity index (χ4n) is 1.53. The van der Waals surface area contributed by atoms with Crippen LogP contribution >= 0.6 is 0 Å². The summed E-state index contributed by atoms with van der Waals surface area (Å²) in [4.78, 5) is 14.7. The summed E-state index contributed by atoms with van der Waals surface area (Å²) in [6.07, 6.45) is 2.75. The highest BCUT2D eigenvalue weighted by Crippen LogP contribution is 2.32. The van der Waals surface area contributed by atoms with Crippen LogP contribution in [0.3, 0.4) is 0 Å². The summed E-state index contributed by atoms with van der Waals surface area (Å²) in [5, 5.41) is 0. The van der Waals surface area contributed by atoms with Gasteiger partial charge in [-0.2, -0.15) is 0 Å². The van der Waals surface area contributed by atoms with E-state index in [1.165, 1.54) is 25.6 Å². The van der Waals surface area contributed by atoms with E-state index in [-0.39, 0.29) is 5.75 Å². The molecule has 0 fully saturated rings. The van der Waals surface area contributed by atoms with Crippen molar-refractivity contribution in [2.24, 2.45) is 5.73 Å². The summed E-state index contributed by atoms with van der Waals surface area (Å²) in [5.41, 5.74) is 4.37. The lowest BCUT2D eigenvalue weighted by molar-refractivity contribution is 0.0996. The van der Waals surface area contributed by atoms with Gasteiger partial charge < -0.3 is 15.2 Å². The number of pyridine rings is 1. The zero-order chi connectivity index (χ0) is 14.7. The van der Waals surface area contributed by atoms with Gasteiger partial charge in [0.05, 0.1) is 18.9 Å². The first-order valence-corrected chi connectivity index (χ1v) is 5.47. The Morgan fingerprint density at radius 1 is 1.20 bits per heavy atom. The molecule has 1 aromatic heterocycles. The fraction of sp³-hybridized carbons (Fsp3) is 0.0769. The maximum atomic E-state index is 13.8. The van der Waals surface area contributed by atoms with Crippen molar-refractivity contribution in [2.75, 3.05) is 7.11 Å². The third-order valence-corrected chi connectivity index (χ3v) is 2.47. The van der Waals surface area contributed by atoms with Crippen molar-refractivity contribution in [3.63, 3.8) is 0 Å². The zero-order valence-electron chi connectivity index (χ0n) is 10.4. The van der Waals surface area contributed by atoms with Crippen LogP contribution in [0.15, 0.2) is 30.6 Å². The van der Waals surface area contributed by atoms with Crippen LogP contribution in [-0.4, -0.2) is 18.0 Å². The van der Waals surface area contributed by atoms with Crippen LogP contribution in [0.1, 0.15) is 10.4 Å². The Hall–Kier alpha value is -2.70. The summed E-state index contributed by atoms with van der Waals surface area (Å²) in [7, 11) is 1.40. The number of halogens is 2.